The number of fused-ring (bicyclic) bond motifs is 6. The van der Waals surface area contributed by atoms with Crippen LogP contribution in [-0.2, 0) is 0 Å². The second-order valence-corrected chi connectivity index (χ2v) is 20.6. The molecular formula is C51H72N2. The molecule has 53 heavy (non-hydrogen) atoms. The fraction of sp³-hybridized carbons (Fsp3) is 0.725. The van der Waals surface area contributed by atoms with Gasteiger partial charge in [-0.25, -0.2) is 0 Å². The number of allylic oxidation sites excluding steroid dienone is 10. The minimum atomic E-state index is 0.550. The molecule has 8 aliphatic carbocycles. The first-order valence-electron chi connectivity index (χ1n) is 23.4. The Labute approximate surface area is 324 Å². The number of hydrogen-bond acceptors (Lipinski definition) is 2. The Hall–Kier alpha value is -2.06. The van der Waals surface area contributed by atoms with E-state index in [9.17, 15) is 0 Å². The fourth-order valence-corrected chi connectivity index (χ4v) is 14.9. The molecule has 2 nitrogen and oxygen atoms in total. The van der Waals surface area contributed by atoms with E-state index in [2.05, 4.69) is 97.4 Å². The summed E-state index contributed by atoms with van der Waals surface area (Å²) in [5.74, 6) is 8.36. The van der Waals surface area contributed by atoms with Crippen molar-refractivity contribution >= 4 is 0 Å². The predicted molar refractivity (Wildman–Crippen MR) is 222 cm³/mol. The lowest BCUT2D eigenvalue weighted by molar-refractivity contribution is 0.0640. The second-order valence-electron chi connectivity index (χ2n) is 20.6. The smallest absolute Gasteiger partial charge is 0.0368 e. The average molecular weight is 713 g/mol. The van der Waals surface area contributed by atoms with E-state index >= 15 is 0 Å². The van der Waals surface area contributed by atoms with Crippen molar-refractivity contribution in [2.24, 2.45) is 65.1 Å². The Bertz CT molecular complexity index is 1560. The Morgan fingerprint density at radius 1 is 0.623 bits per heavy atom. The van der Waals surface area contributed by atoms with Gasteiger partial charge in [0.05, 0.1) is 0 Å². The van der Waals surface area contributed by atoms with Crippen LogP contribution in [-0.4, -0.2) is 40.0 Å². The molecule has 0 N–H and O–H groups in total. The van der Waals surface area contributed by atoms with Crippen LogP contribution in [0.2, 0.25) is 0 Å². The average Bonchev–Trinajstić information content (AvgIpc) is 3.69. The second kappa shape index (κ2) is 14.8. The lowest BCUT2D eigenvalue weighted by atomic mass is 9.68. The van der Waals surface area contributed by atoms with Crippen LogP contribution >= 0.6 is 0 Å². The van der Waals surface area contributed by atoms with Crippen molar-refractivity contribution in [1.82, 2.24) is 9.80 Å². The van der Waals surface area contributed by atoms with E-state index in [0.717, 1.165) is 47.6 Å². The summed E-state index contributed by atoms with van der Waals surface area (Å²) in [6.07, 6.45) is 54.4. The van der Waals surface area contributed by atoms with Crippen molar-refractivity contribution in [1.29, 1.82) is 0 Å². The van der Waals surface area contributed by atoms with Gasteiger partial charge in [0.15, 0.2) is 0 Å². The van der Waals surface area contributed by atoms with Crippen molar-refractivity contribution in [2.45, 2.75) is 167 Å². The third kappa shape index (κ3) is 6.49. The molecule has 0 aromatic heterocycles. The summed E-state index contributed by atoms with van der Waals surface area (Å²) in [6.45, 7) is 7.59. The zero-order valence-corrected chi connectivity index (χ0v) is 33.7. The van der Waals surface area contributed by atoms with Crippen molar-refractivity contribution in [3.63, 3.8) is 0 Å². The molecule has 0 bridgehead atoms. The van der Waals surface area contributed by atoms with Gasteiger partial charge in [-0.3, -0.25) is 4.90 Å². The van der Waals surface area contributed by atoms with E-state index in [1.165, 1.54) is 116 Å². The summed E-state index contributed by atoms with van der Waals surface area (Å²) in [5.41, 5.74) is 5.17. The van der Waals surface area contributed by atoms with Gasteiger partial charge < -0.3 is 4.90 Å². The van der Waals surface area contributed by atoms with Crippen molar-refractivity contribution in [3.05, 3.63) is 83.7 Å². The van der Waals surface area contributed by atoms with Crippen LogP contribution < -0.4 is 0 Å². The molecule has 0 radical (unpaired) electrons. The normalized spacial score (nSPS) is 47.0. The molecule has 5 fully saturated rings. The van der Waals surface area contributed by atoms with E-state index in [1.54, 1.807) is 16.8 Å². The monoisotopic (exact) mass is 713 g/mol. The van der Waals surface area contributed by atoms with E-state index in [-0.39, 0.29) is 0 Å². The Morgan fingerprint density at radius 2 is 1.49 bits per heavy atom. The summed E-state index contributed by atoms with van der Waals surface area (Å²) in [4.78, 5) is 6.30. The molecule has 3 saturated carbocycles. The first kappa shape index (κ1) is 35.4. The quantitative estimate of drug-likeness (QED) is 0.262. The van der Waals surface area contributed by atoms with Gasteiger partial charge in [0, 0.05) is 65.5 Å². The van der Waals surface area contributed by atoms with Gasteiger partial charge in [0.2, 0.25) is 0 Å². The maximum absolute atomic E-state index is 3.16. The van der Waals surface area contributed by atoms with Gasteiger partial charge in [-0.05, 0) is 105 Å². The highest BCUT2D eigenvalue weighted by Gasteiger charge is 2.54. The zero-order valence-electron chi connectivity index (χ0n) is 33.7. The first-order valence-corrected chi connectivity index (χ1v) is 23.4. The highest BCUT2D eigenvalue weighted by Crippen LogP contribution is 2.55. The van der Waals surface area contributed by atoms with Crippen LogP contribution in [0.1, 0.15) is 136 Å². The van der Waals surface area contributed by atoms with E-state index in [4.69, 9.17) is 0 Å². The van der Waals surface area contributed by atoms with Crippen LogP contribution in [0, 0.1) is 65.1 Å². The summed E-state index contributed by atoms with van der Waals surface area (Å²) in [7, 11) is 0. The number of rotatable bonds is 5. The molecular weight excluding hydrogens is 641 g/mol. The van der Waals surface area contributed by atoms with Crippen molar-refractivity contribution in [3.8, 4) is 0 Å². The summed E-state index contributed by atoms with van der Waals surface area (Å²) in [5, 5.41) is 0. The molecule has 0 aromatic carbocycles. The first-order chi connectivity index (χ1) is 26.0. The largest absolute Gasteiger partial charge is 0.368 e. The lowest BCUT2D eigenvalue weighted by Crippen LogP contribution is -2.48. The topological polar surface area (TPSA) is 6.48 Å². The molecule has 10 aliphatic rings. The third-order valence-corrected chi connectivity index (χ3v) is 17.5. The van der Waals surface area contributed by atoms with Crippen LogP contribution in [0.5, 0.6) is 0 Å². The van der Waals surface area contributed by atoms with Gasteiger partial charge in [-0.1, -0.05) is 145 Å². The van der Waals surface area contributed by atoms with Crippen LogP contribution in [0.3, 0.4) is 0 Å². The molecule has 2 aliphatic heterocycles. The SMILES string of the molecule is CC1CCCC(N2C3C=C(C4C=CC5C6C=CCCC6N(C6=CC(C7=CC=CCC7C)CC(C7CCCCC7)C6)C5C4)C=CC3C3CCC(C)CC32)C1. The summed E-state index contributed by atoms with van der Waals surface area (Å²) in [6, 6.07) is 3.53. The van der Waals surface area contributed by atoms with E-state index < -0.39 is 0 Å². The molecule has 0 amide bonds. The fourth-order valence-electron chi connectivity index (χ4n) is 14.9. The van der Waals surface area contributed by atoms with E-state index in [1.807, 2.05) is 0 Å². The molecule has 15 atom stereocenters. The van der Waals surface area contributed by atoms with Crippen LogP contribution in [0.25, 0.3) is 0 Å². The van der Waals surface area contributed by atoms with E-state index in [0.29, 0.717) is 47.7 Å². The summed E-state index contributed by atoms with van der Waals surface area (Å²) < 4.78 is 0. The molecule has 0 aromatic rings. The van der Waals surface area contributed by atoms with Crippen LogP contribution in [0.4, 0.5) is 0 Å². The Balaban J connectivity index is 0.967. The highest BCUT2D eigenvalue weighted by atomic mass is 15.3. The maximum Gasteiger partial charge on any atom is 0.0368 e. The number of likely N-dealkylation sites (tertiary alicyclic amines) is 2. The standard InChI is InChI=1S/C51H72N2/c1-33-12-11-16-41(26-33)52-49-27-34(2)20-23-45(49)47-25-22-37(31-50(47)52)38-21-24-46-44-18-9-10-19-48(44)53(51(46)32-38)42-29-39(36-14-5-4-6-15-36)28-40(30-42)43-17-8-7-13-35(43)3/h7-9,17-18,21-22,24-25,30-31,33-36,38-41,44-51H,4-6,10-16,19-20,23,26-29,32H2,1-3H3. The zero-order chi connectivity index (χ0) is 35.6. The number of hydrogen-bond donors (Lipinski definition) is 0. The predicted octanol–water partition coefficient (Wildman–Crippen LogP) is 12.4. The Morgan fingerprint density at radius 3 is 2.36 bits per heavy atom. The number of nitrogens with zero attached hydrogens (tertiary/aromatic N) is 2. The van der Waals surface area contributed by atoms with Crippen molar-refractivity contribution in [2.75, 3.05) is 0 Å². The molecule has 10 rings (SSSR count). The van der Waals surface area contributed by atoms with Gasteiger partial charge in [0.25, 0.3) is 0 Å². The summed E-state index contributed by atoms with van der Waals surface area (Å²) >= 11 is 0. The van der Waals surface area contributed by atoms with Crippen molar-refractivity contribution < 1.29 is 0 Å². The molecule has 2 saturated heterocycles. The minimum absolute atomic E-state index is 0.550. The van der Waals surface area contributed by atoms with Gasteiger partial charge in [0.1, 0.15) is 0 Å². The minimum Gasteiger partial charge on any atom is -0.368 e. The van der Waals surface area contributed by atoms with Crippen LogP contribution in [0.15, 0.2) is 83.7 Å². The molecule has 2 heterocycles. The maximum atomic E-state index is 3.16. The Kier molecular flexibility index (Phi) is 9.87. The van der Waals surface area contributed by atoms with Gasteiger partial charge in [-0.2, -0.15) is 0 Å². The third-order valence-electron chi connectivity index (χ3n) is 17.5. The molecule has 286 valence electrons. The lowest BCUT2D eigenvalue weighted by Gasteiger charge is -2.45. The molecule has 0 spiro atoms. The highest BCUT2D eigenvalue weighted by molar-refractivity contribution is 5.38. The molecule has 2 heteroatoms. The van der Waals surface area contributed by atoms with Gasteiger partial charge >= 0.3 is 0 Å². The molecule has 15 unspecified atom stereocenters. The van der Waals surface area contributed by atoms with Gasteiger partial charge in [-0.15, -0.1) is 0 Å².